The fraction of sp³-hybridized carbons (Fsp3) is 0.350. The smallest absolute Gasteiger partial charge is 0.240 e. The second-order valence-corrected chi connectivity index (χ2v) is 9.02. The molecular formula is C20H20N2O5S. The lowest BCUT2D eigenvalue weighted by molar-refractivity contribution is -0.119. The third-order valence-electron chi connectivity index (χ3n) is 5.46. The highest BCUT2D eigenvalue weighted by Gasteiger charge is 2.31. The minimum absolute atomic E-state index is 0.130. The Labute approximate surface area is 163 Å². The van der Waals surface area contributed by atoms with E-state index in [1.807, 2.05) is 11.0 Å². The van der Waals surface area contributed by atoms with E-state index in [4.69, 9.17) is 9.47 Å². The molecule has 0 aliphatic carbocycles. The molecule has 0 atom stereocenters. The Morgan fingerprint density at radius 2 is 1.79 bits per heavy atom. The number of hydrogen-bond donors (Lipinski definition) is 1. The number of anilines is 1. The molecule has 7 nitrogen and oxygen atoms in total. The first-order chi connectivity index (χ1) is 13.5. The zero-order valence-electron chi connectivity index (χ0n) is 15.2. The Bertz CT molecular complexity index is 1060. The van der Waals surface area contributed by atoms with Crippen molar-refractivity contribution in [2.24, 2.45) is 0 Å². The molecule has 28 heavy (non-hydrogen) atoms. The van der Waals surface area contributed by atoms with Crippen LogP contribution in [-0.4, -0.2) is 27.7 Å². The largest absolute Gasteiger partial charge is 0.454 e. The van der Waals surface area contributed by atoms with Crippen molar-refractivity contribution >= 4 is 21.6 Å². The number of aryl methyl sites for hydroxylation is 2. The second-order valence-electron chi connectivity index (χ2n) is 7.25. The Balaban J connectivity index is 1.42. The quantitative estimate of drug-likeness (QED) is 0.850. The van der Waals surface area contributed by atoms with Gasteiger partial charge in [-0.3, -0.25) is 4.79 Å². The van der Waals surface area contributed by atoms with Crippen molar-refractivity contribution < 1.29 is 22.7 Å². The van der Waals surface area contributed by atoms with Crippen LogP contribution in [-0.2, 0) is 34.2 Å². The monoisotopic (exact) mass is 400 g/mol. The number of nitrogens with zero attached hydrogens (tertiary/aromatic N) is 1. The van der Waals surface area contributed by atoms with E-state index in [0.29, 0.717) is 30.9 Å². The molecule has 0 saturated heterocycles. The Morgan fingerprint density at radius 1 is 1.00 bits per heavy atom. The van der Waals surface area contributed by atoms with Crippen LogP contribution in [0.5, 0.6) is 11.5 Å². The summed E-state index contributed by atoms with van der Waals surface area (Å²) in [7, 11) is -3.67. The molecule has 2 aromatic carbocycles. The molecule has 0 fully saturated rings. The van der Waals surface area contributed by atoms with Gasteiger partial charge in [0.15, 0.2) is 11.5 Å². The number of benzene rings is 2. The molecule has 146 valence electrons. The van der Waals surface area contributed by atoms with Crippen LogP contribution in [0.2, 0.25) is 0 Å². The number of carbonyl (C=O) groups is 1. The fourth-order valence-electron chi connectivity index (χ4n) is 4.09. The Morgan fingerprint density at radius 3 is 2.64 bits per heavy atom. The normalized spacial score (nSPS) is 17.6. The maximum absolute atomic E-state index is 12.9. The fourth-order valence-corrected chi connectivity index (χ4v) is 5.21. The number of fused-ring (bicyclic) bond motifs is 1. The molecule has 3 heterocycles. The van der Waals surface area contributed by atoms with Gasteiger partial charge in [0.05, 0.1) is 10.6 Å². The number of ether oxygens (including phenoxy) is 2. The van der Waals surface area contributed by atoms with E-state index in [1.165, 1.54) is 0 Å². The number of amides is 1. The summed E-state index contributed by atoms with van der Waals surface area (Å²) >= 11 is 0. The topological polar surface area (TPSA) is 84.9 Å². The van der Waals surface area contributed by atoms with Crippen LogP contribution < -0.4 is 19.1 Å². The number of nitrogens with one attached hydrogen (secondary N) is 1. The summed E-state index contributed by atoms with van der Waals surface area (Å²) < 4.78 is 39.1. The van der Waals surface area contributed by atoms with E-state index in [0.717, 1.165) is 35.2 Å². The summed E-state index contributed by atoms with van der Waals surface area (Å²) in [4.78, 5) is 14.2. The average molecular weight is 400 g/mol. The molecule has 2 aromatic rings. The van der Waals surface area contributed by atoms with Crippen LogP contribution >= 0.6 is 0 Å². The van der Waals surface area contributed by atoms with E-state index in [2.05, 4.69) is 4.72 Å². The maximum Gasteiger partial charge on any atom is 0.240 e. The summed E-state index contributed by atoms with van der Waals surface area (Å²) in [6, 6.07) is 8.80. The minimum atomic E-state index is -3.67. The molecule has 5 rings (SSSR count). The van der Waals surface area contributed by atoms with Gasteiger partial charge in [0.1, 0.15) is 0 Å². The average Bonchev–Trinajstić information content (AvgIpc) is 3.17. The molecule has 0 unspecified atom stereocenters. The summed E-state index contributed by atoms with van der Waals surface area (Å²) in [6.07, 6.45) is 2.66. The van der Waals surface area contributed by atoms with Crippen LogP contribution in [0.15, 0.2) is 35.2 Å². The standard InChI is InChI=1S/C20H20N2O5S/c23-19-6-4-15-10-16(9-14-2-1-7-22(19)20(14)15)28(24,25)21-11-13-3-5-17-18(8-13)27-12-26-17/h3,5,8-10,21H,1-2,4,6-7,11-12H2. The van der Waals surface area contributed by atoms with Crippen molar-refractivity contribution in [2.75, 3.05) is 18.2 Å². The van der Waals surface area contributed by atoms with Gasteiger partial charge in [0.25, 0.3) is 0 Å². The molecular weight excluding hydrogens is 380 g/mol. The van der Waals surface area contributed by atoms with E-state index in [1.54, 1.807) is 24.3 Å². The van der Waals surface area contributed by atoms with Crippen LogP contribution in [0.3, 0.4) is 0 Å². The zero-order chi connectivity index (χ0) is 19.3. The van der Waals surface area contributed by atoms with Gasteiger partial charge in [-0.15, -0.1) is 0 Å². The number of rotatable bonds is 4. The molecule has 3 aliphatic rings. The predicted octanol–water partition coefficient (Wildman–Crippen LogP) is 2.12. The van der Waals surface area contributed by atoms with Crippen molar-refractivity contribution in [3.05, 3.63) is 47.0 Å². The van der Waals surface area contributed by atoms with Crippen LogP contribution in [0.25, 0.3) is 0 Å². The third kappa shape index (κ3) is 2.93. The molecule has 0 bridgehead atoms. The molecule has 0 spiro atoms. The summed E-state index contributed by atoms with van der Waals surface area (Å²) in [5.74, 6) is 1.42. The van der Waals surface area contributed by atoms with Gasteiger partial charge in [-0.05, 0) is 60.2 Å². The Hall–Kier alpha value is -2.58. The number of hydrogen-bond acceptors (Lipinski definition) is 5. The number of sulfonamides is 1. The predicted molar refractivity (Wildman–Crippen MR) is 102 cm³/mol. The molecule has 0 aromatic heterocycles. The summed E-state index contributed by atoms with van der Waals surface area (Å²) in [5.41, 5.74) is 3.61. The summed E-state index contributed by atoms with van der Waals surface area (Å²) in [5, 5.41) is 0. The highest BCUT2D eigenvalue weighted by Crippen LogP contribution is 2.37. The Kier molecular flexibility index (Phi) is 4.06. The first-order valence-corrected chi connectivity index (χ1v) is 10.8. The van der Waals surface area contributed by atoms with Gasteiger partial charge in [0, 0.05) is 19.5 Å². The molecule has 0 saturated carbocycles. The molecule has 1 N–H and O–H groups in total. The lowest BCUT2D eigenvalue weighted by Gasteiger charge is -2.35. The van der Waals surface area contributed by atoms with Crippen molar-refractivity contribution in [3.63, 3.8) is 0 Å². The first-order valence-electron chi connectivity index (χ1n) is 9.36. The highest BCUT2D eigenvalue weighted by atomic mass is 32.2. The van der Waals surface area contributed by atoms with Gasteiger partial charge in [-0.2, -0.15) is 0 Å². The number of carbonyl (C=O) groups excluding carboxylic acids is 1. The SMILES string of the molecule is O=C1CCc2cc(S(=O)(=O)NCc3ccc4c(c3)OCO4)cc3c2N1CCC3. The van der Waals surface area contributed by atoms with Crippen molar-refractivity contribution in [1.29, 1.82) is 0 Å². The summed E-state index contributed by atoms with van der Waals surface area (Å²) in [6.45, 7) is 1.06. The maximum atomic E-state index is 12.9. The van der Waals surface area contributed by atoms with E-state index >= 15 is 0 Å². The van der Waals surface area contributed by atoms with Crippen molar-refractivity contribution in [1.82, 2.24) is 4.72 Å². The highest BCUT2D eigenvalue weighted by molar-refractivity contribution is 7.89. The third-order valence-corrected chi connectivity index (χ3v) is 6.84. The van der Waals surface area contributed by atoms with Crippen molar-refractivity contribution in [2.45, 2.75) is 37.1 Å². The van der Waals surface area contributed by atoms with Gasteiger partial charge >= 0.3 is 0 Å². The van der Waals surface area contributed by atoms with Crippen LogP contribution in [0.1, 0.15) is 29.5 Å². The molecule has 0 radical (unpaired) electrons. The lowest BCUT2D eigenvalue weighted by Crippen LogP contribution is -2.39. The first kappa shape index (κ1) is 17.5. The molecule has 3 aliphatic heterocycles. The van der Waals surface area contributed by atoms with Gasteiger partial charge < -0.3 is 14.4 Å². The van der Waals surface area contributed by atoms with Crippen LogP contribution in [0.4, 0.5) is 5.69 Å². The van der Waals surface area contributed by atoms with E-state index < -0.39 is 10.0 Å². The second kappa shape index (κ2) is 6.49. The minimum Gasteiger partial charge on any atom is -0.454 e. The zero-order valence-corrected chi connectivity index (χ0v) is 16.0. The van der Waals surface area contributed by atoms with Gasteiger partial charge in [0.2, 0.25) is 22.7 Å². The van der Waals surface area contributed by atoms with E-state index in [-0.39, 0.29) is 24.1 Å². The lowest BCUT2D eigenvalue weighted by atomic mass is 9.92. The van der Waals surface area contributed by atoms with Crippen molar-refractivity contribution in [3.8, 4) is 11.5 Å². The van der Waals surface area contributed by atoms with E-state index in [9.17, 15) is 13.2 Å². The van der Waals surface area contributed by atoms with Crippen LogP contribution in [0, 0.1) is 0 Å². The molecule has 1 amide bonds. The van der Waals surface area contributed by atoms with Gasteiger partial charge in [-0.25, -0.2) is 13.1 Å². The van der Waals surface area contributed by atoms with Gasteiger partial charge in [-0.1, -0.05) is 6.07 Å². The molecule has 8 heteroatoms.